The molecule has 0 spiro atoms. The molecule has 0 aromatic rings. The van der Waals surface area contributed by atoms with E-state index in [1.165, 1.54) is 6.92 Å². The van der Waals surface area contributed by atoms with Gasteiger partial charge in [0, 0.05) is 13.5 Å². The second kappa shape index (κ2) is 8.54. The van der Waals surface area contributed by atoms with Crippen LogP contribution in [0.2, 0.25) is 0 Å². The highest BCUT2D eigenvalue weighted by Crippen LogP contribution is 2.23. The number of rotatable bonds is 4. The first-order chi connectivity index (χ1) is 8.84. The van der Waals surface area contributed by atoms with Crippen molar-refractivity contribution in [1.82, 2.24) is 5.32 Å². The molecule has 1 N–H and O–H groups in total. The molecular weight excluding hydrogens is 296 g/mol. The fourth-order valence-electron chi connectivity index (χ4n) is 0.699. The van der Waals surface area contributed by atoms with Crippen LogP contribution in [0, 0.1) is 0 Å². The lowest BCUT2D eigenvalue weighted by Gasteiger charge is -2.05. The van der Waals surface area contributed by atoms with E-state index >= 15 is 0 Å². The van der Waals surface area contributed by atoms with Gasteiger partial charge in [0.15, 0.2) is 0 Å². The Morgan fingerprint density at radius 2 is 1.25 bits per heavy atom. The van der Waals surface area contributed by atoms with Crippen molar-refractivity contribution < 1.29 is 40.7 Å². The van der Waals surface area contributed by atoms with Gasteiger partial charge in [0.25, 0.3) is 0 Å². The number of alkyl halides is 6. The summed E-state index contributed by atoms with van der Waals surface area (Å²) in [6.07, 6.45) is -9.32. The van der Waals surface area contributed by atoms with E-state index in [0.717, 1.165) is 19.4 Å². The number of hydrogen-bond acceptors (Lipinski definition) is 3. The van der Waals surface area contributed by atoms with Crippen molar-refractivity contribution >= 4 is 17.5 Å². The van der Waals surface area contributed by atoms with Gasteiger partial charge in [-0.3, -0.25) is 14.4 Å². The fraction of sp³-hybridized carbons (Fsp3) is 0.700. The largest absolute Gasteiger partial charge is 0.458 e. The van der Waals surface area contributed by atoms with Crippen LogP contribution in [0.25, 0.3) is 0 Å². The maximum absolute atomic E-state index is 11.2. The Balaban J connectivity index is 0. The Labute approximate surface area is 110 Å². The zero-order chi connectivity index (χ0) is 16.6. The average molecular weight is 309 g/mol. The summed E-state index contributed by atoms with van der Waals surface area (Å²) in [5, 5.41) is 2.71. The maximum Gasteiger partial charge on any atom is 0.458 e. The third kappa shape index (κ3) is 10.3. The predicted molar refractivity (Wildman–Crippen MR) is 55.7 cm³/mol. The molecule has 0 aliphatic carbocycles. The monoisotopic (exact) mass is 309 g/mol. The third-order valence-corrected chi connectivity index (χ3v) is 1.63. The molecule has 0 saturated heterocycles. The lowest BCUT2D eigenvalue weighted by molar-refractivity contribution is -0.193. The molecule has 118 valence electrons. The third-order valence-electron chi connectivity index (χ3n) is 1.63. The van der Waals surface area contributed by atoms with E-state index in [-0.39, 0.29) is 5.91 Å². The van der Waals surface area contributed by atoms with Gasteiger partial charge in [-0.15, -0.1) is 0 Å². The summed E-state index contributed by atoms with van der Waals surface area (Å²) in [7, 11) is 0. The van der Waals surface area contributed by atoms with E-state index in [9.17, 15) is 40.7 Å². The molecule has 20 heavy (non-hydrogen) atoms. The first-order valence-corrected chi connectivity index (χ1v) is 5.31. The smallest absolute Gasteiger partial charge is 0.356 e. The molecule has 1 amide bonds. The predicted octanol–water partition coefficient (Wildman–Crippen LogP) is 2.17. The van der Waals surface area contributed by atoms with Crippen LogP contribution in [0.4, 0.5) is 26.3 Å². The lowest BCUT2D eigenvalue weighted by Crippen LogP contribution is -2.39. The van der Waals surface area contributed by atoms with Gasteiger partial charge in [0.05, 0.1) is 0 Å². The molecule has 0 bridgehead atoms. The van der Waals surface area contributed by atoms with Gasteiger partial charge in [-0.1, -0.05) is 13.3 Å². The molecule has 0 atom stereocenters. The van der Waals surface area contributed by atoms with Crippen LogP contribution < -0.4 is 5.32 Å². The number of hydrogen-bond donors (Lipinski definition) is 1. The summed E-state index contributed by atoms with van der Waals surface area (Å²) in [4.78, 5) is 29.4. The van der Waals surface area contributed by atoms with Crippen LogP contribution in [0.5, 0.6) is 0 Å². The summed E-state index contributed by atoms with van der Waals surface area (Å²) >= 11 is 0. The van der Waals surface area contributed by atoms with E-state index in [4.69, 9.17) is 0 Å². The van der Waals surface area contributed by atoms with Crippen molar-refractivity contribution in [2.45, 2.75) is 39.0 Å². The number of unbranched alkanes of at least 4 members (excludes halogenated alkanes) is 1. The molecule has 0 aromatic carbocycles. The van der Waals surface area contributed by atoms with Gasteiger partial charge in [-0.25, -0.2) is 0 Å². The van der Waals surface area contributed by atoms with Crippen molar-refractivity contribution in [3.05, 3.63) is 0 Å². The highest BCUT2D eigenvalue weighted by atomic mass is 19.4. The summed E-state index contributed by atoms with van der Waals surface area (Å²) in [5.74, 6) is -6.75. The molecule has 0 saturated carbocycles. The Hall–Kier alpha value is -1.61. The Morgan fingerprint density at radius 3 is 1.45 bits per heavy atom. The Bertz CT molecular complexity index is 324. The summed E-state index contributed by atoms with van der Waals surface area (Å²) in [5.41, 5.74) is 0. The van der Waals surface area contributed by atoms with Crippen LogP contribution in [-0.4, -0.2) is 36.4 Å². The second-order valence-corrected chi connectivity index (χ2v) is 3.49. The highest BCUT2D eigenvalue weighted by Gasteiger charge is 2.54. The molecule has 0 aliphatic rings. The zero-order valence-electron chi connectivity index (χ0n) is 10.6. The van der Waals surface area contributed by atoms with Gasteiger partial charge in [-0.2, -0.15) is 26.3 Å². The van der Waals surface area contributed by atoms with Crippen molar-refractivity contribution in [2.24, 2.45) is 0 Å². The minimum absolute atomic E-state index is 0.0680. The number of ketones is 2. The van der Waals surface area contributed by atoms with Crippen LogP contribution in [-0.2, 0) is 14.4 Å². The number of amides is 1. The topological polar surface area (TPSA) is 63.2 Å². The van der Waals surface area contributed by atoms with E-state index in [1.807, 2.05) is 0 Å². The Kier molecular flexibility index (Phi) is 8.84. The van der Waals surface area contributed by atoms with E-state index in [2.05, 4.69) is 12.2 Å². The second-order valence-electron chi connectivity index (χ2n) is 3.49. The van der Waals surface area contributed by atoms with Crippen molar-refractivity contribution in [3.8, 4) is 0 Å². The minimum atomic E-state index is -5.77. The van der Waals surface area contributed by atoms with Gasteiger partial charge in [0.1, 0.15) is 0 Å². The molecule has 0 unspecified atom stereocenters. The quantitative estimate of drug-likeness (QED) is 0.492. The van der Waals surface area contributed by atoms with Gasteiger partial charge in [-0.05, 0) is 6.42 Å². The van der Waals surface area contributed by atoms with Gasteiger partial charge >= 0.3 is 23.9 Å². The highest BCUT2D eigenvalue weighted by molar-refractivity contribution is 6.41. The molecule has 0 fully saturated rings. The van der Waals surface area contributed by atoms with Crippen LogP contribution in [0.15, 0.2) is 0 Å². The normalized spacial score (nSPS) is 11.2. The first kappa shape index (κ1) is 20.7. The standard InChI is InChI=1S/C6H13NO.C4F6O2/c1-3-4-5-7-6(2)8;5-3(6,7)1(11)2(12)4(8,9)10/h3-5H2,1-2H3,(H,7,8);. The zero-order valence-corrected chi connectivity index (χ0v) is 10.6. The summed E-state index contributed by atoms with van der Waals surface area (Å²) < 4.78 is 67.0. The Morgan fingerprint density at radius 1 is 0.900 bits per heavy atom. The van der Waals surface area contributed by atoms with E-state index in [1.54, 1.807) is 0 Å². The number of carbonyl (C=O) groups is 3. The summed E-state index contributed by atoms with van der Waals surface area (Å²) in [6.45, 7) is 4.46. The molecule has 0 heterocycles. The van der Waals surface area contributed by atoms with Gasteiger partial charge < -0.3 is 5.32 Å². The molecule has 0 aromatic heterocycles. The van der Waals surface area contributed by atoms with Crippen molar-refractivity contribution in [3.63, 3.8) is 0 Å². The number of Topliss-reactive ketones (excluding diaryl/α,β-unsaturated/α-hetero) is 2. The van der Waals surface area contributed by atoms with Crippen LogP contribution in [0.1, 0.15) is 26.7 Å². The number of nitrogens with one attached hydrogen (secondary N) is 1. The maximum atomic E-state index is 11.2. The molecule has 0 radical (unpaired) electrons. The van der Waals surface area contributed by atoms with Crippen molar-refractivity contribution in [2.75, 3.05) is 6.54 Å². The van der Waals surface area contributed by atoms with E-state index < -0.39 is 23.9 Å². The van der Waals surface area contributed by atoms with Crippen LogP contribution >= 0.6 is 0 Å². The fourth-order valence-corrected chi connectivity index (χ4v) is 0.699. The van der Waals surface area contributed by atoms with Gasteiger partial charge in [0.2, 0.25) is 5.91 Å². The lowest BCUT2D eigenvalue weighted by atomic mass is 10.2. The molecule has 10 heteroatoms. The number of halogens is 6. The molecule has 0 aliphatic heterocycles. The molecule has 0 rings (SSSR count). The SMILES string of the molecule is CCCCNC(C)=O.O=C(C(=O)C(F)(F)F)C(F)(F)F. The van der Waals surface area contributed by atoms with Crippen LogP contribution in [0.3, 0.4) is 0 Å². The number of carbonyl (C=O) groups excluding carboxylic acids is 3. The van der Waals surface area contributed by atoms with Crippen molar-refractivity contribution in [1.29, 1.82) is 0 Å². The average Bonchev–Trinajstić information content (AvgIpc) is 2.25. The first-order valence-electron chi connectivity index (χ1n) is 5.31. The molecular formula is C10H13F6NO3. The minimum Gasteiger partial charge on any atom is -0.356 e. The van der Waals surface area contributed by atoms with E-state index in [0.29, 0.717) is 0 Å². The molecule has 4 nitrogen and oxygen atoms in total. The summed E-state index contributed by atoms with van der Waals surface area (Å²) in [6, 6.07) is 0.